The summed E-state index contributed by atoms with van der Waals surface area (Å²) in [4.78, 5) is 24.5. The first kappa shape index (κ1) is 65.6. The van der Waals surface area contributed by atoms with Gasteiger partial charge in [0.2, 0.25) is 0 Å². The number of carbonyl (C=O) groups is 2. The first-order valence-corrected chi connectivity index (χ1v) is 29.8. The van der Waals surface area contributed by atoms with Crippen LogP contribution in [0.3, 0.4) is 0 Å². The second-order valence-corrected chi connectivity index (χ2v) is 20.1. The third-order valence-electron chi connectivity index (χ3n) is 13.3. The van der Waals surface area contributed by atoms with Crippen LogP contribution >= 0.6 is 0 Å². The molecule has 0 spiro atoms. The van der Waals surface area contributed by atoms with Crippen molar-refractivity contribution >= 4 is 11.9 Å². The smallest absolute Gasteiger partial charge is 0.306 e. The molecule has 0 aromatic rings. The van der Waals surface area contributed by atoms with Crippen LogP contribution in [0, 0.1) is 0 Å². The highest BCUT2D eigenvalue weighted by Gasteiger charge is 2.16. The van der Waals surface area contributed by atoms with Gasteiger partial charge >= 0.3 is 11.9 Å². The van der Waals surface area contributed by atoms with Gasteiger partial charge in [0.15, 0.2) is 6.10 Å². The van der Waals surface area contributed by atoms with Gasteiger partial charge in [0.05, 0.1) is 6.61 Å². The molecule has 68 heavy (non-hydrogen) atoms. The van der Waals surface area contributed by atoms with Crippen molar-refractivity contribution < 1.29 is 24.2 Å². The van der Waals surface area contributed by atoms with Crippen molar-refractivity contribution in [1.82, 2.24) is 0 Å². The molecule has 0 aliphatic carbocycles. The Morgan fingerprint density at radius 1 is 0.353 bits per heavy atom. The molecule has 1 unspecified atom stereocenters. The van der Waals surface area contributed by atoms with Crippen LogP contribution in [0.4, 0.5) is 0 Å². The fourth-order valence-electron chi connectivity index (χ4n) is 8.88. The quantitative estimate of drug-likeness (QED) is 0.0374. The van der Waals surface area contributed by atoms with E-state index in [4.69, 9.17) is 9.47 Å². The number of rotatable bonds is 55. The summed E-state index contributed by atoms with van der Waals surface area (Å²) in [5.41, 5.74) is 0. The molecule has 0 fully saturated rings. The Balaban J connectivity index is 3.45. The average Bonchev–Trinajstić information content (AvgIpc) is 3.34. The lowest BCUT2D eigenvalue weighted by atomic mass is 10.0. The molecule has 0 amide bonds. The molecule has 0 aliphatic rings. The minimum atomic E-state index is -0.780. The zero-order chi connectivity index (χ0) is 49.2. The first-order valence-electron chi connectivity index (χ1n) is 29.8. The van der Waals surface area contributed by atoms with Crippen LogP contribution in [0.2, 0.25) is 0 Å². The summed E-state index contributed by atoms with van der Waals surface area (Å²) >= 11 is 0. The van der Waals surface area contributed by atoms with E-state index in [0.29, 0.717) is 12.8 Å². The second-order valence-electron chi connectivity index (χ2n) is 20.1. The van der Waals surface area contributed by atoms with Crippen LogP contribution in [0.15, 0.2) is 60.8 Å². The molecule has 0 saturated heterocycles. The molecule has 1 N–H and O–H groups in total. The van der Waals surface area contributed by atoms with Crippen LogP contribution in [0.1, 0.15) is 309 Å². The highest BCUT2D eigenvalue weighted by atomic mass is 16.6. The number of allylic oxidation sites excluding steroid dienone is 10. The minimum Gasteiger partial charge on any atom is -0.462 e. The Labute approximate surface area is 423 Å². The molecule has 0 radical (unpaired) electrons. The number of unbranched alkanes of at least 4 members (excludes halogenated alkanes) is 37. The van der Waals surface area contributed by atoms with Gasteiger partial charge in [0.1, 0.15) is 6.61 Å². The summed E-state index contributed by atoms with van der Waals surface area (Å²) in [6.07, 6.45) is 79.3. The molecule has 0 saturated carbocycles. The third-order valence-corrected chi connectivity index (χ3v) is 13.3. The Kier molecular flexibility index (Phi) is 56.8. The van der Waals surface area contributed by atoms with Crippen LogP contribution in [-0.2, 0) is 19.1 Å². The monoisotopic (exact) mass is 951 g/mol. The third kappa shape index (κ3) is 56.2. The fraction of sp³-hybridized carbons (Fsp3) is 0.810. The van der Waals surface area contributed by atoms with Crippen molar-refractivity contribution in [3.8, 4) is 0 Å². The van der Waals surface area contributed by atoms with Gasteiger partial charge in [-0.3, -0.25) is 9.59 Å². The number of hydrogen-bond acceptors (Lipinski definition) is 5. The summed E-state index contributed by atoms with van der Waals surface area (Å²) in [6.45, 7) is 4.06. The molecule has 0 bridgehead atoms. The van der Waals surface area contributed by atoms with Crippen LogP contribution in [0.5, 0.6) is 0 Å². The van der Waals surface area contributed by atoms with E-state index in [2.05, 4.69) is 74.6 Å². The van der Waals surface area contributed by atoms with Gasteiger partial charge in [0, 0.05) is 12.8 Å². The van der Waals surface area contributed by atoms with Crippen molar-refractivity contribution in [3.05, 3.63) is 60.8 Å². The molecule has 5 heteroatoms. The second kappa shape index (κ2) is 58.9. The van der Waals surface area contributed by atoms with Gasteiger partial charge in [-0.25, -0.2) is 0 Å². The topological polar surface area (TPSA) is 72.8 Å². The number of hydrogen-bond donors (Lipinski definition) is 1. The fourth-order valence-corrected chi connectivity index (χ4v) is 8.88. The molecule has 0 aromatic heterocycles. The van der Waals surface area contributed by atoms with Crippen molar-refractivity contribution in [2.75, 3.05) is 13.2 Å². The van der Waals surface area contributed by atoms with Gasteiger partial charge in [-0.15, -0.1) is 0 Å². The summed E-state index contributed by atoms with van der Waals surface area (Å²) in [6, 6.07) is 0. The van der Waals surface area contributed by atoms with Crippen molar-refractivity contribution in [1.29, 1.82) is 0 Å². The summed E-state index contributed by atoms with van der Waals surface area (Å²) < 4.78 is 10.7. The summed E-state index contributed by atoms with van der Waals surface area (Å²) in [5, 5.41) is 9.66. The maximum absolute atomic E-state index is 12.3. The Hall–Kier alpha value is -2.40. The van der Waals surface area contributed by atoms with Crippen molar-refractivity contribution in [2.24, 2.45) is 0 Å². The van der Waals surface area contributed by atoms with E-state index in [1.54, 1.807) is 0 Å². The number of ether oxygens (including phenoxy) is 2. The van der Waals surface area contributed by atoms with E-state index < -0.39 is 6.10 Å². The highest BCUT2D eigenvalue weighted by molar-refractivity contribution is 5.70. The van der Waals surface area contributed by atoms with E-state index in [-0.39, 0.29) is 25.2 Å². The van der Waals surface area contributed by atoms with E-state index >= 15 is 0 Å². The van der Waals surface area contributed by atoms with Crippen molar-refractivity contribution in [3.63, 3.8) is 0 Å². The molecule has 396 valence electrons. The normalized spacial score (nSPS) is 12.6. The molecule has 0 rings (SSSR count). The number of esters is 2. The first-order chi connectivity index (χ1) is 33.6. The highest BCUT2D eigenvalue weighted by Crippen LogP contribution is 2.18. The van der Waals surface area contributed by atoms with Crippen LogP contribution < -0.4 is 0 Å². The lowest BCUT2D eigenvalue weighted by Crippen LogP contribution is -2.28. The zero-order valence-electron chi connectivity index (χ0n) is 45.4. The molecular formula is C63H114O5. The van der Waals surface area contributed by atoms with E-state index in [1.807, 2.05) is 0 Å². The molecule has 0 aliphatic heterocycles. The Morgan fingerprint density at radius 2 is 0.632 bits per heavy atom. The lowest BCUT2D eigenvalue weighted by molar-refractivity contribution is -0.161. The van der Waals surface area contributed by atoms with Crippen LogP contribution in [0.25, 0.3) is 0 Å². The maximum Gasteiger partial charge on any atom is 0.306 e. The Morgan fingerprint density at radius 3 is 0.956 bits per heavy atom. The summed E-state index contributed by atoms with van der Waals surface area (Å²) in [7, 11) is 0. The average molecular weight is 952 g/mol. The van der Waals surface area contributed by atoms with Gasteiger partial charge in [-0.1, -0.05) is 299 Å². The largest absolute Gasteiger partial charge is 0.462 e. The van der Waals surface area contributed by atoms with E-state index in [0.717, 1.165) is 77.0 Å². The SMILES string of the molecule is CC/C=C\C/C=C\C/C=C\C/C=C\C/C=C\CCCCCCCCCC(=O)OC(CO)COC(=O)CCCCCCCCCCCCCCCCCCCCCCCCCCCCCCCCC. The number of carbonyl (C=O) groups excluding carboxylic acids is 2. The van der Waals surface area contributed by atoms with Gasteiger partial charge in [0.25, 0.3) is 0 Å². The molecule has 1 atom stereocenters. The van der Waals surface area contributed by atoms with Gasteiger partial charge in [-0.2, -0.15) is 0 Å². The number of aliphatic hydroxyl groups is 1. The predicted molar refractivity (Wildman–Crippen MR) is 297 cm³/mol. The molecular weight excluding hydrogens is 837 g/mol. The summed E-state index contributed by atoms with van der Waals surface area (Å²) in [5.74, 6) is -0.592. The minimum absolute atomic E-state index is 0.0691. The van der Waals surface area contributed by atoms with Crippen LogP contribution in [-0.4, -0.2) is 36.4 Å². The van der Waals surface area contributed by atoms with E-state index in [1.165, 1.54) is 205 Å². The number of aliphatic hydroxyl groups excluding tert-OH is 1. The molecule has 0 aromatic carbocycles. The zero-order valence-corrected chi connectivity index (χ0v) is 45.4. The standard InChI is InChI=1S/C63H114O5/c1-3-5-7-9-11-13-15-17-19-21-23-25-27-28-29-30-31-32-33-34-36-37-39-41-43-45-47-49-51-53-55-57-62(65)67-60-61(59-64)68-63(66)58-56-54-52-50-48-46-44-42-40-38-35-26-24-22-20-18-16-14-12-10-8-6-4-2/h6,8,12,14,18,20,24,26,38,40,61,64H,3-5,7,9-11,13,15-17,19,21-23,25,27-37,39,41-60H2,1-2H3/b8-6-,14-12-,20-18-,26-24-,40-38-. The molecule has 5 nitrogen and oxygen atoms in total. The predicted octanol–water partition coefficient (Wildman–Crippen LogP) is 20.2. The van der Waals surface area contributed by atoms with Gasteiger partial charge < -0.3 is 14.6 Å². The van der Waals surface area contributed by atoms with Gasteiger partial charge in [-0.05, 0) is 57.8 Å². The maximum atomic E-state index is 12.3. The lowest BCUT2D eigenvalue weighted by Gasteiger charge is -2.15. The van der Waals surface area contributed by atoms with Crippen molar-refractivity contribution in [2.45, 2.75) is 315 Å². The molecule has 0 heterocycles. The van der Waals surface area contributed by atoms with E-state index in [9.17, 15) is 14.7 Å². The Bertz CT molecular complexity index is 1170.